The molecule has 128 valence electrons. The number of hydrogen-bond acceptors (Lipinski definition) is 6. The number of amides is 2. The van der Waals surface area contributed by atoms with Gasteiger partial charge in [-0.3, -0.25) is 5.32 Å². The molecule has 1 fully saturated rings. The van der Waals surface area contributed by atoms with E-state index in [2.05, 4.69) is 25.8 Å². The molecule has 0 aliphatic carbocycles. The first-order valence-corrected chi connectivity index (χ1v) is 7.69. The third kappa shape index (κ3) is 4.05. The van der Waals surface area contributed by atoms with Crippen LogP contribution in [0.25, 0.3) is 0 Å². The van der Waals surface area contributed by atoms with Crippen molar-refractivity contribution in [2.75, 3.05) is 18.5 Å². The number of rotatable bonds is 4. The third-order valence-corrected chi connectivity index (χ3v) is 3.80. The van der Waals surface area contributed by atoms with Crippen LogP contribution in [0.4, 0.5) is 15.0 Å². The number of carbonyl (C=O) groups is 1. The van der Waals surface area contributed by atoms with E-state index in [1.165, 1.54) is 12.1 Å². The van der Waals surface area contributed by atoms with Crippen molar-refractivity contribution < 1.29 is 18.4 Å². The fraction of sp³-hybridized carbons (Fsp3) is 0.467. The molecular weight excluding hydrogens is 317 g/mol. The van der Waals surface area contributed by atoms with Gasteiger partial charge in [-0.25, -0.2) is 14.2 Å². The van der Waals surface area contributed by atoms with Gasteiger partial charge < -0.3 is 14.6 Å². The number of urea groups is 1. The Balaban J connectivity index is 1.70. The van der Waals surface area contributed by atoms with E-state index in [9.17, 15) is 9.18 Å². The van der Waals surface area contributed by atoms with Gasteiger partial charge in [-0.15, -0.1) is 0 Å². The Labute approximate surface area is 137 Å². The number of ether oxygens (including phenoxy) is 1. The summed E-state index contributed by atoms with van der Waals surface area (Å²) in [6.07, 6.45) is 2.59. The van der Waals surface area contributed by atoms with E-state index in [0.29, 0.717) is 24.9 Å². The summed E-state index contributed by atoms with van der Waals surface area (Å²) >= 11 is 0. The minimum atomic E-state index is -0.471. The number of nitrogens with one attached hydrogen (secondary N) is 2. The molecule has 3 rings (SSSR count). The summed E-state index contributed by atoms with van der Waals surface area (Å²) in [6.45, 7) is 2.96. The van der Waals surface area contributed by atoms with Crippen LogP contribution in [0.5, 0.6) is 0 Å². The van der Waals surface area contributed by atoms with Crippen LogP contribution in [0.3, 0.4) is 0 Å². The van der Waals surface area contributed by atoms with E-state index in [-0.39, 0.29) is 11.7 Å². The molecule has 0 saturated carbocycles. The molecule has 0 spiro atoms. The van der Waals surface area contributed by atoms with Crippen molar-refractivity contribution >= 4 is 11.8 Å². The van der Waals surface area contributed by atoms with Gasteiger partial charge in [0.2, 0.25) is 5.89 Å². The monoisotopic (exact) mass is 335 g/mol. The second-order valence-corrected chi connectivity index (χ2v) is 5.57. The van der Waals surface area contributed by atoms with Crippen LogP contribution in [0.2, 0.25) is 0 Å². The summed E-state index contributed by atoms with van der Waals surface area (Å²) < 4.78 is 23.5. The smallest absolute Gasteiger partial charge is 0.321 e. The maximum absolute atomic E-state index is 12.9. The topological polar surface area (TPSA) is 102 Å². The first-order valence-electron chi connectivity index (χ1n) is 7.69. The molecule has 9 heteroatoms. The highest BCUT2D eigenvalue weighted by Gasteiger charge is 2.31. The van der Waals surface area contributed by atoms with E-state index in [1.54, 1.807) is 6.92 Å². The lowest BCUT2D eigenvalue weighted by atomic mass is 9.91. The predicted octanol–water partition coefficient (Wildman–Crippen LogP) is 2.20. The van der Waals surface area contributed by atoms with E-state index >= 15 is 0 Å². The van der Waals surface area contributed by atoms with Gasteiger partial charge in [0, 0.05) is 13.2 Å². The van der Waals surface area contributed by atoms with Crippen molar-refractivity contribution in [2.45, 2.75) is 25.8 Å². The number of carbonyl (C=O) groups excluding carboxylic acids is 1. The van der Waals surface area contributed by atoms with E-state index in [0.717, 1.165) is 19.0 Å². The van der Waals surface area contributed by atoms with E-state index in [4.69, 9.17) is 9.26 Å². The number of hydrogen-bond donors (Lipinski definition) is 2. The van der Waals surface area contributed by atoms with Crippen LogP contribution < -0.4 is 10.6 Å². The van der Waals surface area contributed by atoms with Gasteiger partial charge in [-0.05, 0) is 37.8 Å². The first-order chi connectivity index (χ1) is 11.6. The maximum Gasteiger partial charge on any atom is 0.321 e. The zero-order valence-corrected chi connectivity index (χ0v) is 13.2. The van der Waals surface area contributed by atoms with Gasteiger partial charge in [-0.2, -0.15) is 4.98 Å². The Morgan fingerprint density at radius 2 is 2.17 bits per heavy atom. The molecule has 2 aromatic rings. The second-order valence-electron chi connectivity index (χ2n) is 5.57. The lowest BCUT2D eigenvalue weighted by Gasteiger charge is -2.28. The van der Waals surface area contributed by atoms with Gasteiger partial charge in [0.15, 0.2) is 5.82 Å². The quantitative estimate of drug-likeness (QED) is 0.888. The zero-order chi connectivity index (χ0) is 16.9. The molecule has 0 bridgehead atoms. The molecule has 1 aliphatic rings. The van der Waals surface area contributed by atoms with Crippen LogP contribution in [-0.4, -0.2) is 34.4 Å². The Morgan fingerprint density at radius 1 is 1.38 bits per heavy atom. The van der Waals surface area contributed by atoms with Gasteiger partial charge in [0.05, 0.1) is 6.20 Å². The van der Waals surface area contributed by atoms with Gasteiger partial charge >= 0.3 is 6.03 Å². The lowest BCUT2D eigenvalue weighted by Crippen LogP contribution is -2.38. The van der Waals surface area contributed by atoms with Crippen LogP contribution in [-0.2, 0) is 4.74 Å². The summed E-state index contributed by atoms with van der Waals surface area (Å²) in [4.78, 5) is 20.3. The summed E-state index contributed by atoms with van der Waals surface area (Å²) in [6, 6.07) is 1.71. The molecule has 2 N–H and O–H groups in total. The molecule has 0 radical (unpaired) electrons. The Morgan fingerprint density at radius 3 is 2.79 bits per heavy atom. The molecule has 2 aromatic heterocycles. The number of anilines is 1. The summed E-state index contributed by atoms with van der Waals surface area (Å²) in [7, 11) is 0. The van der Waals surface area contributed by atoms with Crippen molar-refractivity contribution in [3.8, 4) is 0 Å². The lowest BCUT2D eigenvalue weighted by molar-refractivity contribution is 0.0506. The minimum Gasteiger partial charge on any atom is -0.381 e. The molecule has 1 saturated heterocycles. The van der Waals surface area contributed by atoms with Gasteiger partial charge in [-0.1, -0.05) is 5.16 Å². The van der Waals surface area contributed by atoms with Crippen molar-refractivity contribution in [2.24, 2.45) is 5.92 Å². The highest BCUT2D eigenvalue weighted by Crippen LogP contribution is 2.29. The fourth-order valence-electron chi connectivity index (χ4n) is 2.61. The molecule has 0 aromatic carbocycles. The molecule has 1 aliphatic heterocycles. The maximum atomic E-state index is 12.9. The van der Waals surface area contributed by atoms with Crippen LogP contribution in [0, 0.1) is 18.7 Å². The standard InChI is InChI=1S/C15H18FN5O3/c1-9-18-14(24-21-9)13(10-4-6-23-7-5-10)20-15(22)19-12-3-2-11(16)8-17-12/h2-3,8,10,13H,4-7H2,1H3,(H2,17,19,20,22). The summed E-state index contributed by atoms with van der Waals surface area (Å²) in [5, 5.41) is 9.20. The number of pyridine rings is 1. The molecule has 1 unspecified atom stereocenters. The first kappa shape index (κ1) is 16.3. The van der Waals surface area contributed by atoms with Crippen molar-refractivity contribution in [1.29, 1.82) is 0 Å². The van der Waals surface area contributed by atoms with Crippen LogP contribution in [0.15, 0.2) is 22.9 Å². The summed E-state index contributed by atoms with van der Waals surface area (Å²) in [5.41, 5.74) is 0. The molecule has 2 amide bonds. The number of aromatic nitrogens is 3. The van der Waals surface area contributed by atoms with Crippen molar-refractivity contribution in [1.82, 2.24) is 20.4 Å². The van der Waals surface area contributed by atoms with Crippen LogP contribution in [0.1, 0.15) is 30.6 Å². The predicted molar refractivity (Wildman–Crippen MR) is 81.7 cm³/mol. The molecule has 3 heterocycles. The number of halogens is 1. The third-order valence-electron chi connectivity index (χ3n) is 3.80. The molecule has 24 heavy (non-hydrogen) atoms. The number of nitrogens with zero attached hydrogens (tertiary/aromatic N) is 3. The average molecular weight is 335 g/mol. The summed E-state index contributed by atoms with van der Waals surface area (Å²) in [5.74, 6) is 0.778. The number of aryl methyl sites for hydroxylation is 1. The largest absolute Gasteiger partial charge is 0.381 e. The molecule has 1 atom stereocenters. The highest BCUT2D eigenvalue weighted by atomic mass is 19.1. The Hall–Kier alpha value is -2.55. The SMILES string of the molecule is Cc1noc(C(NC(=O)Nc2ccc(F)cn2)C2CCOCC2)n1. The Bertz CT molecular complexity index is 685. The highest BCUT2D eigenvalue weighted by molar-refractivity contribution is 5.88. The Kier molecular flexibility index (Phi) is 4.99. The van der Waals surface area contributed by atoms with E-state index < -0.39 is 17.9 Å². The minimum absolute atomic E-state index is 0.130. The normalized spacial score (nSPS) is 16.6. The van der Waals surface area contributed by atoms with Gasteiger partial charge in [0.25, 0.3) is 0 Å². The molecule has 8 nitrogen and oxygen atoms in total. The zero-order valence-electron chi connectivity index (χ0n) is 13.2. The second kappa shape index (κ2) is 7.35. The molecular formula is C15H18FN5O3. The fourth-order valence-corrected chi connectivity index (χ4v) is 2.61. The average Bonchev–Trinajstić information content (AvgIpc) is 3.02. The van der Waals surface area contributed by atoms with E-state index in [1.807, 2.05) is 0 Å². The van der Waals surface area contributed by atoms with Crippen molar-refractivity contribution in [3.05, 3.63) is 35.9 Å². The van der Waals surface area contributed by atoms with Gasteiger partial charge in [0.1, 0.15) is 17.7 Å². The van der Waals surface area contributed by atoms with Crippen LogP contribution >= 0.6 is 0 Å². The van der Waals surface area contributed by atoms with Crippen molar-refractivity contribution in [3.63, 3.8) is 0 Å².